The van der Waals surface area contributed by atoms with Crippen molar-refractivity contribution in [1.82, 2.24) is 4.57 Å². The smallest absolute Gasteiger partial charge is 0.0541 e. The molecule has 0 atom stereocenters. The molecule has 1 heterocycles. The molecule has 2 N–H and O–H groups in total. The van der Waals surface area contributed by atoms with Gasteiger partial charge < -0.3 is 15.2 Å². The van der Waals surface area contributed by atoms with Gasteiger partial charge in [-0.25, -0.2) is 0 Å². The topological polar surface area (TPSA) is 29.0 Å². The number of benzene rings is 4. The van der Waals surface area contributed by atoms with Gasteiger partial charge >= 0.3 is 0 Å². The van der Waals surface area contributed by atoms with Gasteiger partial charge in [-0.2, -0.15) is 0 Å². The van der Waals surface area contributed by atoms with Crippen LogP contribution in [0.2, 0.25) is 0 Å². The highest BCUT2D eigenvalue weighted by Crippen LogP contribution is 2.37. The lowest BCUT2D eigenvalue weighted by molar-refractivity contribution is 0.590. The normalized spacial score (nSPS) is 12.7. The van der Waals surface area contributed by atoms with E-state index < -0.39 is 0 Å². The predicted octanol–water partition coefficient (Wildman–Crippen LogP) is 11.3. The molecule has 0 saturated heterocycles. The Balaban J connectivity index is 1.47. The van der Waals surface area contributed by atoms with E-state index in [1.54, 1.807) is 0 Å². The molecule has 216 valence electrons. The number of hydrogen-bond donors (Lipinski definition) is 2. The summed E-state index contributed by atoms with van der Waals surface area (Å²) < 4.78 is 2.40. The summed E-state index contributed by atoms with van der Waals surface area (Å²) in [6.45, 7) is 21.9. The Morgan fingerprint density at radius 2 is 1.12 bits per heavy atom. The lowest BCUT2D eigenvalue weighted by Crippen LogP contribution is -2.10. The fourth-order valence-electron chi connectivity index (χ4n) is 5.40. The van der Waals surface area contributed by atoms with Gasteiger partial charge in [-0.15, -0.1) is 0 Å². The van der Waals surface area contributed by atoms with Gasteiger partial charge in [-0.3, -0.25) is 0 Å². The first kappa shape index (κ1) is 29.3. The second-order valence-electron chi connectivity index (χ2n) is 13.7. The number of nitrogens with one attached hydrogen (secondary N) is 2. The molecule has 0 aliphatic carbocycles. The molecule has 3 nitrogen and oxygen atoms in total. The van der Waals surface area contributed by atoms with Crippen LogP contribution in [0.5, 0.6) is 0 Å². The molecule has 5 aromatic rings. The average Bonchev–Trinajstić information content (AvgIpc) is 3.26. The van der Waals surface area contributed by atoms with Crippen molar-refractivity contribution in [3.8, 4) is 5.69 Å². The minimum Gasteiger partial charge on any atom is -0.359 e. The summed E-state index contributed by atoms with van der Waals surface area (Å²) in [6, 6.07) is 31.1. The zero-order chi connectivity index (χ0) is 30.2. The molecular formula is C39H45N3. The van der Waals surface area contributed by atoms with Crippen LogP contribution in [0.15, 0.2) is 109 Å². The van der Waals surface area contributed by atoms with Crippen molar-refractivity contribution in [1.29, 1.82) is 0 Å². The fraction of sp³-hybridized carbons (Fsp3) is 0.282. The second kappa shape index (κ2) is 11.2. The molecule has 1 aromatic heterocycles. The number of aromatic nitrogens is 1. The summed E-state index contributed by atoms with van der Waals surface area (Å²) >= 11 is 0. The van der Waals surface area contributed by atoms with Gasteiger partial charge in [0.15, 0.2) is 0 Å². The highest BCUT2D eigenvalue weighted by molar-refractivity contribution is 6.09. The second-order valence-corrected chi connectivity index (χ2v) is 13.7. The molecule has 5 rings (SSSR count). The van der Waals surface area contributed by atoms with E-state index in [2.05, 4.69) is 162 Å². The van der Waals surface area contributed by atoms with E-state index >= 15 is 0 Å². The van der Waals surface area contributed by atoms with E-state index in [0.717, 1.165) is 28.4 Å². The van der Waals surface area contributed by atoms with Gasteiger partial charge in [0.2, 0.25) is 0 Å². The number of allylic oxidation sites excluding steroid dienone is 3. The average molecular weight is 556 g/mol. The van der Waals surface area contributed by atoms with Gasteiger partial charge in [0.1, 0.15) is 0 Å². The van der Waals surface area contributed by atoms with Crippen LogP contribution in [0.25, 0.3) is 27.5 Å². The third-order valence-electron chi connectivity index (χ3n) is 8.00. The number of fused-ring (bicyclic) bond motifs is 3. The largest absolute Gasteiger partial charge is 0.359 e. The maximum atomic E-state index is 3.83. The Kier molecular flexibility index (Phi) is 7.81. The minimum absolute atomic E-state index is 0.0881. The number of rotatable bonds is 7. The SMILES string of the molecule is C=C/C=C(/Nc1ccc(Nc2ccc(-n3c4ccc(C(C)(C)C)cc4c4cc(C(C)(C)C)ccc43)cc2)cc1)C(C)C. The van der Waals surface area contributed by atoms with E-state index in [-0.39, 0.29) is 10.8 Å². The van der Waals surface area contributed by atoms with Gasteiger partial charge in [0.25, 0.3) is 0 Å². The quantitative estimate of drug-likeness (QED) is 0.196. The van der Waals surface area contributed by atoms with Crippen molar-refractivity contribution in [3.63, 3.8) is 0 Å². The lowest BCUT2D eigenvalue weighted by atomic mass is 9.85. The monoisotopic (exact) mass is 555 g/mol. The molecule has 42 heavy (non-hydrogen) atoms. The maximum Gasteiger partial charge on any atom is 0.0541 e. The Labute approximate surface area is 252 Å². The van der Waals surface area contributed by atoms with Crippen LogP contribution >= 0.6 is 0 Å². The molecule has 3 heteroatoms. The van der Waals surface area contributed by atoms with Crippen LogP contribution in [-0.4, -0.2) is 4.57 Å². The van der Waals surface area contributed by atoms with Crippen LogP contribution < -0.4 is 10.6 Å². The van der Waals surface area contributed by atoms with E-state index in [4.69, 9.17) is 0 Å². The highest BCUT2D eigenvalue weighted by Gasteiger charge is 2.20. The first-order chi connectivity index (χ1) is 19.8. The van der Waals surface area contributed by atoms with Gasteiger partial charge in [0.05, 0.1) is 11.0 Å². The third-order valence-corrected chi connectivity index (χ3v) is 8.00. The Bertz CT molecular complexity index is 1680. The lowest BCUT2D eigenvalue weighted by Gasteiger charge is -2.19. The molecule has 0 saturated carbocycles. The van der Waals surface area contributed by atoms with E-state index in [1.165, 1.54) is 32.9 Å². The molecular weight excluding hydrogens is 510 g/mol. The zero-order valence-electron chi connectivity index (χ0n) is 26.5. The first-order valence-electron chi connectivity index (χ1n) is 15.0. The maximum absolute atomic E-state index is 3.83. The first-order valence-corrected chi connectivity index (χ1v) is 15.0. The molecule has 0 bridgehead atoms. The van der Waals surface area contributed by atoms with Crippen LogP contribution in [-0.2, 0) is 10.8 Å². The van der Waals surface area contributed by atoms with E-state index in [9.17, 15) is 0 Å². The van der Waals surface area contributed by atoms with Crippen molar-refractivity contribution >= 4 is 38.9 Å². The van der Waals surface area contributed by atoms with Crippen molar-refractivity contribution in [2.24, 2.45) is 5.92 Å². The fourth-order valence-corrected chi connectivity index (χ4v) is 5.40. The molecule has 0 aliphatic heterocycles. The van der Waals surface area contributed by atoms with Crippen LogP contribution in [0, 0.1) is 5.92 Å². The Morgan fingerprint density at radius 3 is 1.55 bits per heavy atom. The number of hydrogen-bond acceptors (Lipinski definition) is 2. The number of nitrogens with zero attached hydrogens (tertiary/aromatic N) is 1. The third kappa shape index (κ3) is 6.01. The summed E-state index contributed by atoms with van der Waals surface area (Å²) in [5.74, 6) is 0.398. The highest BCUT2D eigenvalue weighted by atomic mass is 15.0. The molecule has 0 spiro atoms. The Hall–Kier alpha value is -4.24. The Morgan fingerprint density at radius 1 is 0.667 bits per heavy atom. The zero-order valence-corrected chi connectivity index (χ0v) is 26.5. The van der Waals surface area contributed by atoms with Crippen LogP contribution in [0.3, 0.4) is 0 Å². The van der Waals surface area contributed by atoms with Gasteiger partial charge in [0, 0.05) is 39.2 Å². The minimum atomic E-state index is 0.0881. The standard InChI is InChI=1S/C39H45N3/c1-10-11-35(26(2)3)41-31-16-14-29(15-17-31)40-30-18-20-32(21-19-30)42-36-22-12-27(38(4,5)6)24-33(36)34-25-28(39(7,8)9)13-23-37(34)42/h10-26,40-41H,1H2,2-9H3/b35-11+. The molecule has 0 amide bonds. The summed E-state index contributed by atoms with van der Waals surface area (Å²) in [7, 11) is 0. The van der Waals surface area contributed by atoms with E-state index in [1.807, 2.05) is 12.2 Å². The summed E-state index contributed by atoms with van der Waals surface area (Å²) in [4.78, 5) is 0. The molecule has 0 fully saturated rings. The molecule has 0 aliphatic rings. The van der Waals surface area contributed by atoms with Gasteiger partial charge in [-0.1, -0.05) is 80.2 Å². The number of anilines is 3. The summed E-state index contributed by atoms with van der Waals surface area (Å²) in [5.41, 5.74) is 10.8. The van der Waals surface area contributed by atoms with Gasteiger partial charge in [-0.05, 0) is 107 Å². The molecule has 0 unspecified atom stereocenters. The van der Waals surface area contributed by atoms with Crippen molar-refractivity contribution < 1.29 is 0 Å². The van der Waals surface area contributed by atoms with Crippen molar-refractivity contribution in [2.75, 3.05) is 10.6 Å². The molecule has 0 radical (unpaired) electrons. The summed E-state index contributed by atoms with van der Waals surface area (Å²) in [6.07, 6.45) is 3.86. The predicted molar refractivity (Wildman–Crippen MR) is 185 cm³/mol. The van der Waals surface area contributed by atoms with Crippen molar-refractivity contribution in [3.05, 3.63) is 120 Å². The van der Waals surface area contributed by atoms with E-state index in [0.29, 0.717) is 5.92 Å². The van der Waals surface area contributed by atoms with Crippen LogP contribution in [0.4, 0.5) is 17.1 Å². The molecule has 4 aromatic carbocycles. The van der Waals surface area contributed by atoms with Crippen LogP contribution in [0.1, 0.15) is 66.5 Å². The summed E-state index contributed by atoms with van der Waals surface area (Å²) in [5, 5.41) is 9.68. The van der Waals surface area contributed by atoms with Crippen molar-refractivity contribution in [2.45, 2.75) is 66.2 Å².